The molecule has 0 saturated carbocycles. The number of amides is 1. The lowest BCUT2D eigenvalue weighted by Crippen LogP contribution is -2.31. The van der Waals surface area contributed by atoms with Crippen LogP contribution in [0.3, 0.4) is 0 Å². The van der Waals surface area contributed by atoms with Crippen LogP contribution >= 0.6 is 0 Å². The van der Waals surface area contributed by atoms with E-state index in [0.717, 1.165) is 17.6 Å². The number of rotatable bonds is 0. The van der Waals surface area contributed by atoms with Gasteiger partial charge >= 0.3 is 11.7 Å². The Morgan fingerprint density at radius 1 is 1.28 bits per heavy atom. The maximum Gasteiger partial charge on any atom is 0.369 e. The normalized spacial score (nSPS) is 15.5. The predicted molar refractivity (Wildman–Crippen MR) is 62.0 cm³/mol. The molecule has 0 atom stereocenters. The highest BCUT2D eigenvalue weighted by Gasteiger charge is 2.24. The van der Waals surface area contributed by atoms with E-state index in [9.17, 15) is 14.0 Å². The molecule has 5 nitrogen and oxygen atoms in total. The molecule has 6 heteroatoms. The van der Waals surface area contributed by atoms with Gasteiger partial charge in [-0.1, -0.05) is 6.07 Å². The second kappa shape index (κ2) is 3.97. The molecule has 0 unspecified atom stereocenters. The van der Waals surface area contributed by atoms with Gasteiger partial charge in [0.15, 0.2) is 0 Å². The smallest absolute Gasteiger partial charge is 0.326 e. The molecule has 2 aromatic rings. The van der Waals surface area contributed by atoms with Crippen molar-refractivity contribution in [2.24, 2.45) is 0 Å². The first-order valence-electron chi connectivity index (χ1n) is 5.78. The fourth-order valence-corrected chi connectivity index (χ4v) is 2.24. The molecule has 0 radical (unpaired) electrons. The summed E-state index contributed by atoms with van der Waals surface area (Å²) in [5.41, 5.74) is -0.646. The van der Waals surface area contributed by atoms with Crippen LogP contribution in [0.25, 0.3) is 10.9 Å². The number of halogens is 1. The summed E-state index contributed by atoms with van der Waals surface area (Å²) in [5, 5.41) is -0.176. The number of nitrogens with zero attached hydrogens (tertiary/aromatic N) is 2. The third-order valence-corrected chi connectivity index (χ3v) is 3.14. The van der Waals surface area contributed by atoms with E-state index in [0.29, 0.717) is 13.1 Å². The SMILES string of the molecule is O=C(N1CCCC1)n1oc(=O)c2c(F)cccc21. The van der Waals surface area contributed by atoms with Gasteiger partial charge in [-0.15, -0.1) is 4.74 Å². The number of hydrogen-bond acceptors (Lipinski definition) is 3. The van der Waals surface area contributed by atoms with Gasteiger partial charge in [0.1, 0.15) is 16.7 Å². The first-order chi connectivity index (χ1) is 8.68. The van der Waals surface area contributed by atoms with E-state index in [2.05, 4.69) is 0 Å². The lowest BCUT2D eigenvalue weighted by molar-refractivity contribution is 0.178. The maximum absolute atomic E-state index is 13.5. The number of fused-ring (bicyclic) bond motifs is 1. The first kappa shape index (κ1) is 11.0. The number of hydrogen-bond donors (Lipinski definition) is 0. The van der Waals surface area contributed by atoms with Crippen molar-refractivity contribution in [2.45, 2.75) is 12.8 Å². The molecule has 18 heavy (non-hydrogen) atoms. The predicted octanol–water partition coefficient (Wildman–Crippen LogP) is 1.80. The lowest BCUT2D eigenvalue weighted by atomic mass is 10.2. The Morgan fingerprint density at radius 2 is 2.00 bits per heavy atom. The summed E-state index contributed by atoms with van der Waals surface area (Å²) in [7, 11) is 0. The third kappa shape index (κ3) is 1.53. The average molecular weight is 250 g/mol. The van der Waals surface area contributed by atoms with Crippen molar-refractivity contribution in [3.8, 4) is 0 Å². The van der Waals surface area contributed by atoms with E-state index in [4.69, 9.17) is 4.52 Å². The quantitative estimate of drug-likeness (QED) is 0.716. The molecule has 1 aromatic heterocycles. The molecule has 0 N–H and O–H groups in total. The van der Waals surface area contributed by atoms with Crippen molar-refractivity contribution in [3.63, 3.8) is 0 Å². The van der Waals surface area contributed by atoms with Gasteiger partial charge in [-0.2, -0.15) is 0 Å². The second-order valence-electron chi connectivity index (χ2n) is 4.28. The number of likely N-dealkylation sites (tertiary alicyclic amines) is 1. The molecule has 1 aliphatic rings. The Morgan fingerprint density at radius 3 is 2.72 bits per heavy atom. The van der Waals surface area contributed by atoms with Gasteiger partial charge in [-0.25, -0.2) is 14.0 Å². The molecule has 2 heterocycles. The van der Waals surface area contributed by atoms with Crippen molar-refractivity contribution < 1.29 is 13.7 Å². The van der Waals surface area contributed by atoms with Crippen molar-refractivity contribution >= 4 is 16.9 Å². The zero-order valence-corrected chi connectivity index (χ0v) is 9.56. The highest BCUT2D eigenvalue weighted by atomic mass is 19.1. The maximum atomic E-state index is 13.5. The van der Waals surface area contributed by atoms with E-state index in [1.807, 2.05) is 0 Å². The molecule has 1 fully saturated rings. The fourth-order valence-electron chi connectivity index (χ4n) is 2.24. The zero-order chi connectivity index (χ0) is 12.7. The number of aromatic nitrogens is 1. The van der Waals surface area contributed by atoms with Crippen LogP contribution in [0.4, 0.5) is 9.18 Å². The van der Waals surface area contributed by atoms with Gasteiger partial charge in [0.05, 0.1) is 0 Å². The minimum Gasteiger partial charge on any atom is -0.326 e. The lowest BCUT2D eigenvalue weighted by Gasteiger charge is -2.14. The van der Waals surface area contributed by atoms with Crippen LogP contribution in [-0.4, -0.2) is 28.8 Å². The van der Waals surface area contributed by atoms with Gasteiger partial charge in [0.2, 0.25) is 0 Å². The average Bonchev–Trinajstić information content (AvgIpc) is 2.97. The summed E-state index contributed by atoms with van der Waals surface area (Å²) >= 11 is 0. The monoisotopic (exact) mass is 250 g/mol. The molecular formula is C12H11FN2O3. The highest BCUT2D eigenvalue weighted by Crippen LogP contribution is 2.17. The number of benzene rings is 1. The van der Waals surface area contributed by atoms with Crippen molar-refractivity contribution in [3.05, 3.63) is 34.4 Å². The zero-order valence-electron chi connectivity index (χ0n) is 9.56. The van der Waals surface area contributed by atoms with E-state index >= 15 is 0 Å². The number of carbonyl (C=O) groups is 1. The van der Waals surface area contributed by atoms with Crippen LogP contribution in [0.2, 0.25) is 0 Å². The van der Waals surface area contributed by atoms with E-state index in [1.165, 1.54) is 18.2 Å². The van der Waals surface area contributed by atoms with E-state index in [1.54, 1.807) is 4.90 Å². The third-order valence-electron chi connectivity index (χ3n) is 3.14. The van der Waals surface area contributed by atoms with E-state index < -0.39 is 17.5 Å². The van der Waals surface area contributed by atoms with Crippen LogP contribution in [-0.2, 0) is 0 Å². The Balaban J connectivity index is 2.15. The molecule has 1 aromatic carbocycles. The Hall–Kier alpha value is -2.11. The van der Waals surface area contributed by atoms with Crippen molar-refractivity contribution in [1.29, 1.82) is 0 Å². The Bertz CT molecular complexity index is 668. The van der Waals surface area contributed by atoms with Gasteiger partial charge in [-0.3, -0.25) is 0 Å². The molecular weight excluding hydrogens is 239 g/mol. The van der Waals surface area contributed by atoms with Crippen LogP contribution in [0.15, 0.2) is 27.5 Å². The van der Waals surface area contributed by atoms with E-state index in [-0.39, 0.29) is 10.9 Å². The summed E-state index contributed by atoms with van der Waals surface area (Å²) in [5.74, 6) is -0.672. The summed E-state index contributed by atoms with van der Waals surface area (Å²) in [6, 6.07) is 3.70. The summed E-state index contributed by atoms with van der Waals surface area (Å²) in [6.45, 7) is 1.27. The van der Waals surface area contributed by atoms with Crippen molar-refractivity contribution in [2.75, 3.05) is 13.1 Å². The van der Waals surface area contributed by atoms with Crippen LogP contribution < -0.4 is 5.63 Å². The van der Waals surface area contributed by atoms with Gasteiger partial charge in [0, 0.05) is 13.1 Å². The summed E-state index contributed by atoms with van der Waals surface area (Å²) in [4.78, 5) is 25.3. The molecule has 3 rings (SSSR count). The van der Waals surface area contributed by atoms with Gasteiger partial charge in [-0.05, 0) is 25.0 Å². The first-order valence-corrected chi connectivity index (χ1v) is 5.78. The molecule has 1 aliphatic heterocycles. The Labute approximate surface area is 101 Å². The molecule has 1 saturated heterocycles. The molecule has 0 aliphatic carbocycles. The standard InChI is InChI=1S/C12H11FN2O3/c13-8-4-3-5-9-10(8)11(16)18-15(9)12(17)14-6-1-2-7-14/h3-5H,1-2,6-7H2. The highest BCUT2D eigenvalue weighted by molar-refractivity contribution is 5.89. The minimum atomic E-state index is -0.823. The molecule has 1 amide bonds. The number of carbonyl (C=O) groups excluding carboxylic acids is 1. The Kier molecular flexibility index (Phi) is 2.43. The van der Waals surface area contributed by atoms with Gasteiger partial charge < -0.3 is 9.42 Å². The van der Waals surface area contributed by atoms with Crippen molar-refractivity contribution in [1.82, 2.24) is 9.64 Å². The van der Waals surface area contributed by atoms with Crippen LogP contribution in [0, 0.1) is 5.82 Å². The fraction of sp³-hybridized carbons (Fsp3) is 0.333. The molecule has 0 spiro atoms. The van der Waals surface area contributed by atoms with Gasteiger partial charge in [0.25, 0.3) is 0 Å². The van der Waals surface area contributed by atoms with Crippen LogP contribution in [0.5, 0.6) is 0 Å². The van der Waals surface area contributed by atoms with Crippen LogP contribution in [0.1, 0.15) is 12.8 Å². The summed E-state index contributed by atoms with van der Waals surface area (Å²) < 4.78 is 19.2. The topological polar surface area (TPSA) is 55.5 Å². The summed E-state index contributed by atoms with van der Waals surface area (Å²) in [6.07, 6.45) is 1.87. The second-order valence-corrected chi connectivity index (χ2v) is 4.28. The largest absolute Gasteiger partial charge is 0.369 e. The molecule has 0 bridgehead atoms. The minimum absolute atomic E-state index is 0.176. The molecule has 94 valence electrons.